The minimum atomic E-state index is 0.189. The first-order valence-corrected chi connectivity index (χ1v) is 9.09. The predicted octanol–water partition coefficient (Wildman–Crippen LogP) is 4.54. The van der Waals surface area contributed by atoms with E-state index in [1.165, 1.54) is 12.8 Å². The van der Waals surface area contributed by atoms with Crippen molar-refractivity contribution in [3.8, 4) is 5.75 Å². The van der Waals surface area contributed by atoms with Crippen molar-refractivity contribution in [2.24, 2.45) is 5.92 Å². The van der Waals surface area contributed by atoms with E-state index < -0.39 is 0 Å². The van der Waals surface area contributed by atoms with Crippen molar-refractivity contribution in [1.82, 2.24) is 4.90 Å². The molecule has 24 heavy (non-hydrogen) atoms. The molecule has 1 aliphatic heterocycles. The Morgan fingerprint density at radius 2 is 1.92 bits per heavy atom. The molecule has 0 N–H and O–H groups in total. The Bertz CT molecular complexity index is 702. The molecule has 3 rings (SSSR count). The monoisotopic (exact) mass is 325 g/mol. The number of hydrogen-bond acceptors (Lipinski definition) is 3. The molecule has 0 unspecified atom stereocenters. The van der Waals surface area contributed by atoms with E-state index in [2.05, 4.69) is 11.8 Å². The van der Waals surface area contributed by atoms with Crippen molar-refractivity contribution >= 4 is 16.6 Å². The molecule has 3 nitrogen and oxygen atoms in total. The van der Waals surface area contributed by atoms with E-state index in [-0.39, 0.29) is 5.78 Å². The summed E-state index contributed by atoms with van der Waals surface area (Å²) in [4.78, 5) is 15.4. The average molecular weight is 325 g/mol. The number of carbonyl (C=O) groups excluding carboxylic acids is 1. The van der Waals surface area contributed by atoms with Gasteiger partial charge in [-0.15, -0.1) is 0 Å². The van der Waals surface area contributed by atoms with Crippen LogP contribution in [0.5, 0.6) is 5.75 Å². The molecule has 0 atom stereocenters. The number of carbonyl (C=O) groups is 1. The number of piperidine rings is 1. The molecule has 0 saturated carbocycles. The lowest BCUT2D eigenvalue weighted by Crippen LogP contribution is -2.34. The molecule has 2 aromatic carbocycles. The van der Waals surface area contributed by atoms with Gasteiger partial charge in [-0.25, -0.2) is 0 Å². The highest BCUT2D eigenvalue weighted by Crippen LogP contribution is 2.29. The van der Waals surface area contributed by atoms with E-state index in [0.717, 1.165) is 41.9 Å². The van der Waals surface area contributed by atoms with Gasteiger partial charge in [0.2, 0.25) is 0 Å². The summed E-state index contributed by atoms with van der Waals surface area (Å²) in [6.07, 6.45) is 3.04. The highest BCUT2D eigenvalue weighted by atomic mass is 16.5. The zero-order valence-electron chi connectivity index (χ0n) is 14.8. The fourth-order valence-corrected chi connectivity index (χ4v) is 3.49. The minimum absolute atomic E-state index is 0.189. The number of Topliss-reactive ketones (excluding diaryl/α,β-unsaturated/α-hetero) is 1. The number of ether oxygens (including phenoxy) is 1. The molecule has 1 fully saturated rings. The van der Waals surface area contributed by atoms with Crippen LogP contribution in [-0.2, 0) is 0 Å². The maximum atomic E-state index is 13.0. The average Bonchev–Trinajstić information content (AvgIpc) is 2.61. The first-order chi connectivity index (χ1) is 11.7. The van der Waals surface area contributed by atoms with E-state index in [1.807, 2.05) is 43.3 Å². The number of fused-ring (bicyclic) bond motifs is 1. The summed E-state index contributed by atoms with van der Waals surface area (Å²) in [7, 11) is 0. The molecule has 1 aliphatic rings. The molecular weight excluding hydrogens is 298 g/mol. The lowest BCUT2D eigenvalue weighted by atomic mass is 9.97. The Morgan fingerprint density at radius 3 is 2.67 bits per heavy atom. The van der Waals surface area contributed by atoms with Crippen molar-refractivity contribution in [3.63, 3.8) is 0 Å². The number of hydrogen-bond donors (Lipinski definition) is 0. The van der Waals surface area contributed by atoms with E-state index in [9.17, 15) is 4.79 Å². The molecular formula is C21H27NO2. The quantitative estimate of drug-likeness (QED) is 0.730. The molecule has 0 radical (unpaired) electrons. The van der Waals surface area contributed by atoms with E-state index in [0.29, 0.717) is 18.8 Å². The Kier molecular flexibility index (Phi) is 5.52. The summed E-state index contributed by atoms with van der Waals surface area (Å²) in [5.41, 5.74) is 0.750. The Morgan fingerprint density at radius 1 is 1.17 bits per heavy atom. The van der Waals surface area contributed by atoms with Crippen LogP contribution in [0.2, 0.25) is 0 Å². The summed E-state index contributed by atoms with van der Waals surface area (Å²) in [5, 5.41) is 2.09. The molecule has 2 aromatic rings. The molecule has 0 bridgehead atoms. The summed E-state index contributed by atoms with van der Waals surface area (Å²) in [6.45, 7) is 7.92. The maximum absolute atomic E-state index is 13.0. The van der Waals surface area contributed by atoms with Crippen molar-refractivity contribution in [2.45, 2.75) is 33.1 Å². The van der Waals surface area contributed by atoms with Crippen LogP contribution in [0, 0.1) is 5.92 Å². The molecule has 0 aromatic heterocycles. The van der Waals surface area contributed by atoms with E-state index >= 15 is 0 Å². The highest BCUT2D eigenvalue weighted by Gasteiger charge is 2.20. The summed E-state index contributed by atoms with van der Waals surface area (Å²) in [6, 6.07) is 12.0. The summed E-state index contributed by atoms with van der Waals surface area (Å²) in [5.74, 6) is 1.72. The number of ketones is 1. The number of nitrogens with zero attached hydrogens (tertiary/aromatic N) is 1. The number of rotatable bonds is 6. The van der Waals surface area contributed by atoms with Crippen LogP contribution < -0.4 is 4.74 Å². The van der Waals surface area contributed by atoms with Crippen LogP contribution in [0.15, 0.2) is 36.4 Å². The second-order valence-electron chi connectivity index (χ2n) is 6.79. The maximum Gasteiger partial charge on any atom is 0.168 e. The standard InChI is InChI=1S/C21H27NO2/c1-3-24-20-9-8-17-6-4-5-7-18(17)21(20)19(23)12-15-22-13-10-16(2)11-14-22/h4-9,16H,3,10-15H2,1-2H3. The third-order valence-corrected chi connectivity index (χ3v) is 5.00. The Labute approximate surface area is 144 Å². The molecule has 1 saturated heterocycles. The van der Waals surface area contributed by atoms with E-state index in [1.54, 1.807) is 0 Å². The van der Waals surface area contributed by atoms with Gasteiger partial charge in [-0.2, -0.15) is 0 Å². The van der Waals surface area contributed by atoms with Gasteiger partial charge in [0.1, 0.15) is 5.75 Å². The van der Waals surface area contributed by atoms with Gasteiger partial charge >= 0.3 is 0 Å². The van der Waals surface area contributed by atoms with Gasteiger partial charge in [0.05, 0.1) is 12.2 Å². The molecule has 0 aliphatic carbocycles. The third kappa shape index (κ3) is 3.78. The SMILES string of the molecule is CCOc1ccc2ccccc2c1C(=O)CCN1CCC(C)CC1. The van der Waals surface area contributed by atoms with Crippen LogP contribution >= 0.6 is 0 Å². The van der Waals surface area contributed by atoms with E-state index in [4.69, 9.17) is 4.74 Å². The van der Waals surface area contributed by atoms with Gasteiger partial charge in [0.15, 0.2) is 5.78 Å². The molecule has 3 heteroatoms. The van der Waals surface area contributed by atoms with Crippen LogP contribution in [0.4, 0.5) is 0 Å². The van der Waals surface area contributed by atoms with Crippen molar-refractivity contribution in [2.75, 3.05) is 26.2 Å². The first kappa shape index (κ1) is 17.0. The molecule has 128 valence electrons. The van der Waals surface area contributed by atoms with Gasteiger partial charge in [-0.3, -0.25) is 4.79 Å². The third-order valence-electron chi connectivity index (χ3n) is 5.00. The molecule has 0 amide bonds. The van der Waals surface area contributed by atoms with Gasteiger partial charge in [0.25, 0.3) is 0 Å². The van der Waals surface area contributed by atoms with Crippen LogP contribution in [0.25, 0.3) is 10.8 Å². The molecule has 0 spiro atoms. The molecule has 1 heterocycles. The zero-order valence-corrected chi connectivity index (χ0v) is 14.8. The lowest BCUT2D eigenvalue weighted by molar-refractivity contribution is 0.0951. The zero-order chi connectivity index (χ0) is 16.9. The second kappa shape index (κ2) is 7.80. The summed E-state index contributed by atoms with van der Waals surface area (Å²) >= 11 is 0. The van der Waals surface area contributed by atoms with Gasteiger partial charge in [-0.05, 0) is 55.6 Å². The minimum Gasteiger partial charge on any atom is -0.493 e. The number of benzene rings is 2. The fourth-order valence-electron chi connectivity index (χ4n) is 3.49. The van der Waals surface area contributed by atoms with Crippen LogP contribution in [-0.4, -0.2) is 36.9 Å². The van der Waals surface area contributed by atoms with Crippen molar-refractivity contribution in [1.29, 1.82) is 0 Å². The Balaban J connectivity index is 1.79. The van der Waals surface area contributed by atoms with Gasteiger partial charge in [0, 0.05) is 13.0 Å². The highest BCUT2D eigenvalue weighted by molar-refractivity contribution is 6.10. The van der Waals surface area contributed by atoms with Gasteiger partial charge in [-0.1, -0.05) is 37.3 Å². The smallest absolute Gasteiger partial charge is 0.168 e. The van der Waals surface area contributed by atoms with Crippen molar-refractivity contribution < 1.29 is 9.53 Å². The second-order valence-corrected chi connectivity index (χ2v) is 6.79. The fraction of sp³-hybridized carbons (Fsp3) is 0.476. The largest absolute Gasteiger partial charge is 0.493 e. The first-order valence-electron chi connectivity index (χ1n) is 9.09. The summed E-state index contributed by atoms with van der Waals surface area (Å²) < 4.78 is 5.74. The normalized spacial score (nSPS) is 16.4. The Hall–Kier alpha value is -1.87. The van der Waals surface area contributed by atoms with Gasteiger partial charge < -0.3 is 9.64 Å². The van der Waals surface area contributed by atoms with Crippen molar-refractivity contribution in [3.05, 3.63) is 42.0 Å². The lowest BCUT2D eigenvalue weighted by Gasteiger charge is -2.29. The predicted molar refractivity (Wildman–Crippen MR) is 98.9 cm³/mol. The number of likely N-dealkylation sites (tertiary alicyclic amines) is 1. The van der Waals surface area contributed by atoms with Crippen LogP contribution in [0.1, 0.15) is 43.5 Å². The van der Waals surface area contributed by atoms with Crippen LogP contribution in [0.3, 0.4) is 0 Å². The topological polar surface area (TPSA) is 29.5 Å².